The zero-order valence-electron chi connectivity index (χ0n) is 9.18. The maximum Gasteiger partial charge on any atom is 0.269 e. The van der Waals surface area contributed by atoms with E-state index in [4.69, 9.17) is 10.6 Å². The second kappa shape index (κ2) is 5.18. The summed E-state index contributed by atoms with van der Waals surface area (Å²) in [6.45, 7) is 0. The van der Waals surface area contributed by atoms with Gasteiger partial charge in [0.1, 0.15) is 5.75 Å². The minimum absolute atomic E-state index is 0.0985. The highest BCUT2D eigenvalue weighted by Crippen LogP contribution is 2.19. The Morgan fingerprint density at radius 3 is 2.88 bits per heavy atom. The number of amides is 1. The molecule has 86 valence electrons. The lowest BCUT2D eigenvalue weighted by atomic mass is 10.1. The van der Waals surface area contributed by atoms with Crippen molar-refractivity contribution in [1.82, 2.24) is 5.06 Å². The third-order valence-corrected chi connectivity index (χ3v) is 2.06. The molecular weight excluding hydrogens is 208 g/mol. The van der Waals surface area contributed by atoms with Crippen LogP contribution in [0, 0.1) is 0 Å². The van der Waals surface area contributed by atoms with Gasteiger partial charge < -0.3 is 10.8 Å². The molecule has 1 aromatic rings. The molecule has 1 rings (SSSR count). The number of rotatable bonds is 3. The highest BCUT2D eigenvalue weighted by atomic mass is 16.7. The number of aromatic hydroxyl groups is 1. The summed E-state index contributed by atoms with van der Waals surface area (Å²) < 4.78 is 0. The van der Waals surface area contributed by atoms with Crippen molar-refractivity contribution in [1.29, 1.82) is 0 Å². The zero-order chi connectivity index (χ0) is 12.1. The lowest BCUT2D eigenvalue weighted by molar-refractivity contribution is -0.162. The van der Waals surface area contributed by atoms with E-state index in [2.05, 4.69) is 0 Å². The number of carbonyl (C=O) groups is 1. The van der Waals surface area contributed by atoms with Gasteiger partial charge in [-0.25, -0.2) is 5.06 Å². The number of nitrogens with two attached hydrogens (primary N) is 1. The van der Waals surface area contributed by atoms with Crippen LogP contribution >= 0.6 is 0 Å². The van der Waals surface area contributed by atoms with Gasteiger partial charge in [-0.1, -0.05) is 0 Å². The van der Waals surface area contributed by atoms with Crippen LogP contribution in [0.5, 0.6) is 5.75 Å². The van der Waals surface area contributed by atoms with Gasteiger partial charge in [0.15, 0.2) is 0 Å². The minimum Gasteiger partial charge on any atom is -0.508 e. The second-order valence-electron chi connectivity index (χ2n) is 3.16. The van der Waals surface area contributed by atoms with Gasteiger partial charge in [-0.3, -0.25) is 9.63 Å². The first-order valence-corrected chi connectivity index (χ1v) is 4.63. The van der Waals surface area contributed by atoms with Gasteiger partial charge in [-0.2, -0.15) is 0 Å². The quantitative estimate of drug-likeness (QED) is 0.346. The molecule has 0 aromatic heterocycles. The van der Waals surface area contributed by atoms with Gasteiger partial charge >= 0.3 is 0 Å². The molecule has 0 heterocycles. The van der Waals surface area contributed by atoms with Crippen LogP contribution < -0.4 is 5.73 Å². The van der Waals surface area contributed by atoms with E-state index in [0.717, 1.165) is 5.06 Å². The minimum atomic E-state index is -0.315. The molecule has 0 spiro atoms. The number of phenolic OH excluding ortho intramolecular Hbond substituents is 1. The fourth-order valence-corrected chi connectivity index (χ4v) is 1.06. The first kappa shape index (κ1) is 12.1. The summed E-state index contributed by atoms with van der Waals surface area (Å²) in [7, 11) is 2.90. The Labute approximate surface area is 93.7 Å². The molecule has 16 heavy (non-hydrogen) atoms. The Morgan fingerprint density at radius 1 is 1.56 bits per heavy atom. The fraction of sp³-hybridized carbons (Fsp3) is 0.182. The SMILES string of the molecule is CON(C)C(=O)C=Cc1cc(O)ccc1N. The molecule has 1 aromatic carbocycles. The Bertz CT molecular complexity index is 416. The van der Waals surface area contributed by atoms with E-state index in [1.165, 1.54) is 38.4 Å². The van der Waals surface area contributed by atoms with Crippen molar-refractivity contribution in [3.63, 3.8) is 0 Å². The predicted octanol–water partition coefficient (Wildman–Crippen LogP) is 1.01. The van der Waals surface area contributed by atoms with Gasteiger partial charge in [0, 0.05) is 24.4 Å². The number of benzene rings is 1. The molecule has 0 aliphatic heterocycles. The van der Waals surface area contributed by atoms with Crippen molar-refractivity contribution in [2.75, 3.05) is 19.9 Å². The highest BCUT2D eigenvalue weighted by molar-refractivity contribution is 5.91. The number of hydrogen-bond acceptors (Lipinski definition) is 4. The van der Waals surface area contributed by atoms with E-state index in [-0.39, 0.29) is 11.7 Å². The molecule has 0 saturated heterocycles. The summed E-state index contributed by atoms with van der Waals surface area (Å²) in [5, 5.41) is 10.3. The van der Waals surface area contributed by atoms with E-state index >= 15 is 0 Å². The smallest absolute Gasteiger partial charge is 0.269 e. The standard InChI is InChI=1S/C11H14N2O3/c1-13(16-2)11(15)6-3-8-7-9(14)4-5-10(8)12/h3-7,14H,12H2,1-2H3. The normalized spacial score (nSPS) is 10.6. The molecule has 0 atom stereocenters. The van der Waals surface area contributed by atoms with E-state index in [1.54, 1.807) is 6.07 Å². The topological polar surface area (TPSA) is 75.8 Å². The maximum absolute atomic E-state index is 11.4. The van der Waals surface area contributed by atoms with E-state index in [0.29, 0.717) is 11.3 Å². The number of anilines is 1. The first-order chi connectivity index (χ1) is 7.54. The van der Waals surface area contributed by atoms with Gasteiger partial charge in [0.2, 0.25) is 0 Å². The Morgan fingerprint density at radius 2 is 2.25 bits per heavy atom. The molecule has 3 N–H and O–H groups in total. The molecule has 0 saturated carbocycles. The third kappa shape index (κ3) is 2.99. The van der Waals surface area contributed by atoms with Crippen molar-refractivity contribution in [3.05, 3.63) is 29.8 Å². The summed E-state index contributed by atoms with van der Waals surface area (Å²) >= 11 is 0. The molecular formula is C11H14N2O3. The van der Waals surface area contributed by atoms with Crippen LogP contribution in [0.4, 0.5) is 5.69 Å². The third-order valence-electron chi connectivity index (χ3n) is 2.06. The van der Waals surface area contributed by atoms with Crippen molar-refractivity contribution >= 4 is 17.7 Å². The summed E-state index contributed by atoms with van der Waals surface area (Å²) in [4.78, 5) is 16.1. The van der Waals surface area contributed by atoms with Crippen LogP contribution in [0.3, 0.4) is 0 Å². The van der Waals surface area contributed by atoms with Crippen LogP contribution in [-0.4, -0.2) is 30.2 Å². The second-order valence-corrected chi connectivity index (χ2v) is 3.16. The number of phenols is 1. The lowest BCUT2D eigenvalue weighted by Gasteiger charge is -2.10. The average Bonchev–Trinajstić information content (AvgIpc) is 2.28. The van der Waals surface area contributed by atoms with Crippen molar-refractivity contribution in [3.8, 4) is 5.75 Å². The first-order valence-electron chi connectivity index (χ1n) is 4.63. The monoisotopic (exact) mass is 222 g/mol. The average molecular weight is 222 g/mol. The summed E-state index contributed by atoms with van der Waals surface area (Å²) in [6, 6.07) is 4.53. The van der Waals surface area contributed by atoms with Crippen molar-refractivity contribution in [2.45, 2.75) is 0 Å². The molecule has 0 bridgehead atoms. The number of nitrogens with zero attached hydrogens (tertiary/aromatic N) is 1. The van der Waals surface area contributed by atoms with Gasteiger partial charge in [0.05, 0.1) is 7.11 Å². The lowest BCUT2D eigenvalue weighted by Crippen LogP contribution is -2.22. The van der Waals surface area contributed by atoms with E-state index < -0.39 is 0 Å². The van der Waals surface area contributed by atoms with Crippen LogP contribution in [0.15, 0.2) is 24.3 Å². The summed E-state index contributed by atoms with van der Waals surface area (Å²) in [5.41, 5.74) is 6.73. The van der Waals surface area contributed by atoms with Gasteiger partial charge in [0.25, 0.3) is 5.91 Å². The fourth-order valence-electron chi connectivity index (χ4n) is 1.06. The molecule has 1 amide bonds. The van der Waals surface area contributed by atoms with Crippen LogP contribution in [0.1, 0.15) is 5.56 Å². The van der Waals surface area contributed by atoms with Crippen molar-refractivity contribution in [2.24, 2.45) is 0 Å². The number of hydrogen-bond donors (Lipinski definition) is 2. The number of carbonyl (C=O) groups excluding carboxylic acids is 1. The van der Waals surface area contributed by atoms with Crippen LogP contribution in [0.25, 0.3) is 6.08 Å². The van der Waals surface area contributed by atoms with Gasteiger partial charge in [-0.15, -0.1) is 0 Å². The summed E-state index contributed by atoms with van der Waals surface area (Å²) in [5.74, 6) is -0.216. The molecule has 5 nitrogen and oxygen atoms in total. The highest BCUT2D eigenvalue weighted by Gasteiger charge is 2.03. The molecule has 0 radical (unpaired) electrons. The van der Waals surface area contributed by atoms with Crippen LogP contribution in [0.2, 0.25) is 0 Å². The maximum atomic E-state index is 11.4. The largest absolute Gasteiger partial charge is 0.508 e. The Hall–Kier alpha value is -2.01. The molecule has 0 unspecified atom stereocenters. The number of nitrogen functional groups attached to an aromatic ring is 1. The zero-order valence-corrected chi connectivity index (χ0v) is 9.18. The Balaban J connectivity index is 2.84. The predicted molar refractivity (Wildman–Crippen MR) is 61.3 cm³/mol. The summed E-state index contributed by atoms with van der Waals surface area (Å²) in [6.07, 6.45) is 2.83. The molecule has 0 aliphatic rings. The van der Waals surface area contributed by atoms with E-state index in [9.17, 15) is 9.90 Å². The molecule has 5 heteroatoms. The molecule has 0 aliphatic carbocycles. The van der Waals surface area contributed by atoms with Gasteiger partial charge in [-0.05, 0) is 24.3 Å². The number of likely N-dealkylation sites (N-methyl/N-ethyl adjacent to an activating group) is 1. The Kier molecular flexibility index (Phi) is 3.90. The van der Waals surface area contributed by atoms with Crippen molar-refractivity contribution < 1.29 is 14.7 Å². The molecule has 0 fully saturated rings. The number of hydroxylamine groups is 2. The van der Waals surface area contributed by atoms with Crippen LogP contribution in [-0.2, 0) is 9.63 Å². The van der Waals surface area contributed by atoms with E-state index in [1.807, 2.05) is 0 Å².